The Bertz CT molecular complexity index is 647. The van der Waals surface area contributed by atoms with Crippen molar-refractivity contribution < 1.29 is 4.92 Å². The second-order valence-electron chi connectivity index (χ2n) is 4.56. The van der Waals surface area contributed by atoms with Crippen molar-refractivity contribution in [3.63, 3.8) is 0 Å². The summed E-state index contributed by atoms with van der Waals surface area (Å²) in [5.74, 6) is 0. The molecular formula is C16H13NO2S. The van der Waals surface area contributed by atoms with E-state index in [2.05, 4.69) is 24.3 Å². The third kappa shape index (κ3) is 2.47. The van der Waals surface area contributed by atoms with Gasteiger partial charge in [-0.2, -0.15) is 0 Å². The first-order chi connectivity index (χ1) is 9.75. The molecule has 1 aliphatic heterocycles. The SMILES string of the molecule is O=[N+]([O-])CCC=C1c2ccccc2Sc2ccccc21. The maximum atomic E-state index is 10.5. The van der Waals surface area contributed by atoms with Crippen molar-refractivity contribution in [2.24, 2.45) is 0 Å². The van der Waals surface area contributed by atoms with Gasteiger partial charge in [-0.1, -0.05) is 54.2 Å². The van der Waals surface area contributed by atoms with Crippen molar-refractivity contribution >= 4 is 17.3 Å². The van der Waals surface area contributed by atoms with Crippen molar-refractivity contribution in [1.82, 2.24) is 0 Å². The molecule has 0 atom stereocenters. The molecule has 0 aliphatic carbocycles. The van der Waals surface area contributed by atoms with Crippen molar-refractivity contribution in [3.8, 4) is 0 Å². The van der Waals surface area contributed by atoms with Crippen molar-refractivity contribution in [2.45, 2.75) is 16.2 Å². The minimum Gasteiger partial charge on any atom is -0.265 e. The molecule has 3 nitrogen and oxygen atoms in total. The molecule has 0 radical (unpaired) electrons. The summed E-state index contributed by atoms with van der Waals surface area (Å²) in [4.78, 5) is 12.6. The van der Waals surface area contributed by atoms with Crippen LogP contribution in [0.3, 0.4) is 0 Å². The molecule has 4 heteroatoms. The van der Waals surface area contributed by atoms with E-state index < -0.39 is 0 Å². The lowest BCUT2D eigenvalue weighted by molar-refractivity contribution is -0.478. The van der Waals surface area contributed by atoms with E-state index in [1.165, 1.54) is 20.9 Å². The van der Waals surface area contributed by atoms with Gasteiger partial charge in [-0.15, -0.1) is 0 Å². The number of nitro groups is 1. The molecule has 3 rings (SSSR count). The highest BCUT2D eigenvalue weighted by molar-refractivity contribution is 7.99. The maximum Gasteiger partial charge on any atom is 0.207 e. The summed E-state index contributed by atoms with van der Waals surface area (Å²) < 4.78 is 0. The summed E-state index contributed by atoms with van der Waals surface area (Å²) in [5.41, 5.74) is 3.44. The molecule has 0 saturated carbocycles. The van der Waals surface area contributed by atoms with Crippen LogP contribution in [0.4, 0.5) is 0 Å². The Hall–Kier alpha value is -2.07. The van der Waals surface area contributed by atoms with E-state index in [4.69, 9.17) is 0 Å². The van der Waals surface area contributed by atoms with Crippen LogP contribution < -0.4 is 0 Å². The zero-order valence-corrected chi connectivity index (χ0v) is 11.6. The molecule has 0 bridgehead atoms. The molecule has 1 aliphatic rings. The Balaban J connectivity index is 2.05. The van der Waals surface area contributed by atoms with Gasteiger partial charge >= 0.3 is 0 Å². The molecule has 0 N–H and O–H groups in total. The Morgan fingerprint density at radius 1 is 1.00 bits per heavy atom. The lowest BCUT2D eigenvalue weighted by atomic mass is 9.96. The lowest BCUT2D eigenvalue weighted by Gasteiger charge is -2.21. The number of hydrogen-bond donors (Lipinski definition) is 0. The van der Waals surface area contributed by atoms with Gasteiger partial charge in [0.1, 0.15) is 0 Å². The predicted molar refractivity (Wildman–Crippen MR) is 80.6 cm³/mol. The highest BCUT2D eigenvalue weighted by atomic mass is 32.2. The van der Waals surface area contributed by atoms with Gasteiger partial charge < -0.3 is 0 Å². The molecule has 2 aromatic rings. The van der Waals surface area contributed by atoms with Crippen LogP contribution in [-0.4, -0.2) is 11.5 Å². The third-order valence-corrected chi connectivity index (χ3v) is 4.39. The monoisotopic (exact) mass is 283 g/mol. The van der Waals surface area contributed by atoms with Crippen LogP contribution in [0.5, 0.6) is 0 Å². The first-order valence-electron chi connectivity index (χ1n) is 6.44. The number of fused-ring (bicyclic) bond motifs is 2. The molecule has 0 amide bonds. The molecule has 1 heterocycles. The van der Waals surface area contributed by atoms with Crippen molar-refractivity contribution in [3.05, 3.63) is 75.8 Å². The first kappa shape index (κ1) is 12.9. The predicted octanol–water partition coefficient (Wildman–Crippen LogP) is 4.25. The second-order valence-corrected chi connectivity index (χ2v) is 5.64. The lowest BCUT2D eigenvalue weighted by Crippen LogP contribution is -2.02. The normalized spacial score (nSPS) is 12.5. The maximum absolute atomic E-state index is 10.5. The Kier molecular flexibility index (Phi) is 3.56. The van der Waals surface area contributed by atoms with E-state index in [1.807, 2.05) is 30.3 Å². The fourth-order valence-corrected chi connectivity index (χ4v) is 3.46. The van der Waals surface area contributed by atoms with Crippen LogP contribution in [-0.2, 0) is 0 Å². The molecule has 0 aromatic heterocycles. The van der Waals surface area contributed by atoms with Crippen LogP contribution in [0.2, 0.25) is 0 Å². The average molecular weight is 283 g/mol. The van der Waals surface area contributed by atoms with Crippen molar-refractivity contribution in [2.75, 3.05) is 6.54 Å². The number of benzene rings is 2. The topological polar surface area (TPSA) is 43.1 Å². The first-order valence-corrected chi connectivity index (χ1v) is 7.26. The number of hydrogen-bond acceptors (Lipinski definition) is 3. The molecule has 0 spiro atoms. The zero-order chi connectivity index (χ0) is 13.9. The van der Waals surface area contributed by atoms with Gasteiger partial charge in [-0.3, -0.25) is 10.1 Å². The third-order valence-electron chi connectivity index (χ3n) is 3.23. The Morgan fingerprint density at radius 3 is 2.10 bits per heavy atom. The van der Waals surface area contributed by atoms with Crippen LogP contribution in [0.25, 0.3) is 5.57 Å². The number of rotatable bonds is 3. The Morgan fingerprint density at radius 2 is 1.55 bits per heavy atom. The van der Waals surface area contributed by atoms with Gasteiger partial charge in [-0.05, 0) is 28.8 Å². The van der Waals surface area contributed by atoms with E-state index in [-0.39, 0.29) is 11.5 Å². The van der Waals surface area contributed by atoms with Crippen LogP contribution in [0, 0.1) is 10.1 Å². The summed E-state index contributed by atoms with van der Waals surface area (Å²) in [7, 11) is 0. The summed E-state index contributed by atoms with van der Waals surface area (Å²) in [5, 5.41) is 10.5. The average Bonchev–Trinajstić information content (AvgIpc) is 2.46. The van der Waals surface area contributed by atoms with Crippen molar-refractivity contribution in [1.29, 1.82) is 0 Å². The van der Waals surface area contributed by atoms with Gasteiger partial charge in [-0.25, -0.2) is 0 Å². The molecule has 0 unspecified atom stereocenters. The molecule has 0 fully saturated rings. The van der Waals surface area contributed by atoms with Crippen LogP contribution in [0.1, 0.15) is 17.5 Å². The number of nitrogens with zero attached hydrogens (tertiary/aromatic N) is 1. The van der Waals surface area contributed by atoms with E-state index in [1.54, 1.807) is 11.8 Å². The van der Waals surface area contributed by atoms with Gasteiger partial charge in [0.25, 0.3) is 0 Å². The van der Waals surface area contributed by atoms with Crippen LogP contribution in [0.15, 0.2) is 64.4 Å². The van der Waals surface area contributed by atoms with E-state index >= 15 is 0 Å². The van der Waals surface area contributed by atoms with Gasteiger partial charge in [0.15, 0.2) is 0 Å². The summed E-state index contributed by atoms with van der Waals surface area (Å²) in [6, 6.07) is 16.4. The highest BCUT2D eigenvalue weighted by Crippen LogP contribution is 2.45. The molecular weight excluding hydrogens is 270 g/mol. The second kappa shape index (κ2) is 5.51. The van der Waals surface area contributed by atoms with Gasteiger partial charge in [0.2, 0.25) is 6.54 Å². The van der Waals surface area contributed by atoms with E-state index in [0.717, 1.165) is 5.57 Å². The quantitative estimate of drug-likeness (QED) is 0.533. The summed E-state index contributed by atoms with van der Waals surface area (Å²) in [6.45, 7) is -0.0268. The zero-order valence-electron chi connectivity index (χ0n) is 10.8. The van der Waals surface area contributed by atoms with Gasteiger partial charge in [0, 0.05) is 21.1 Å². The Labute approximate surface area is 121 Å². The van der Waals surface area contributed by atoms with Crippen LogP contribution >= 0.6 is 11.8 Å². The standard InChI is InChI=1S/C16H13NO2S/c18-17(19)11-5-8-12-13-6-1-3-9-15(13)20-16-10-4-2-7-14(12)16/h1-4,6-10H,5,11H2. The fraction of sp³-hybridized carbons (Fsp3) is 0.125. The molecule has 100 valence electrons. The van der Waals surface area contributed by atoms with Gasteiger partial charge in [0.05, 0.1) is 0 Å². The summed E-state index contributed by atoms with van der Waals surface area (Å²) in [6.07, 6.45) is 2.44. The van der Waals surface area contributed by atoms with E-state index in [0.29, 0.717) is 6.42 Å². The minimum atomic E-state index is -0.271. The molecule has 2 aromatic carbocycles. The largest absolute Gasteiger partial charge is 0.265 e. The minimum absolute atomic E-state index is 0.0268. The molecule has 0 saturated heterocycles. The smallest absolute Gasteiger partial charge is 0.207 e. The molecule has 20 heavy (non-hydrogen) atoms. The summed E-state index contributed by atoms with van der Waals surface area (Å²) >= 11 is 1.75. The highest BCUT2D eigenvalue weighted by Gasteiger charge is 2.19. The fourth-order valence-electron chi connectivity index (χ4n) is 2.35. The van der Waals surface area contributed by atoms with E-state index in [9.17, 15) is 10.1 Å².